The summed E-state index contributed by atoms with van der Waals surface area (Å²) in [6.07, 6.45) is 0.896. The maximum absolute atomic E-state index is 12.5. The first-order valence-corrected chi connectivity index (χ1v) is 12.6. The number of nitrogens with one attached hydrogen (secondary N) is 1. The Morgan fingerprint density at radius 2 is 1.71 bits per heavy atom. The lowest BCUT2D eigenvalue weighted by Gasteiger charge is -2.34. The number of halogens is 2. The number of ether oxygens (including phenoxy) is 1. The van der Waals surface area contributed by atoms with Gasteiger partial charge in [0, 0.05) is 34.9 Å². The van der Waals surface area contributed by atoms with Gasteiger partial charge in [-0.1, -0.05) is 30.1 Å². The van der Waals surface area contributed by atoms with Crippen molar-refractivity contribution in [2.75, 3.05) is 23.7 Å². The molecule has 6 nitrogen and oxygen atoms in total. The fourth-order valence-electron chi connectivity index (χ4n) is 3.49. The van der Waals surface area contributed by atoms with Crippen molar-refractivity contribution in [3.05, 3.63) is 52.5 Å². The summed E-state index contributed by atoms with van der Waals surface area (Å²) < 4.78 is 29.6. The van der Waals surface area contributed by atoms with Crippen LogP contribution in [0.5, 0.6) is 5.75 Å². The Balaban J connectivity index is 1.51. The first kappa shape index (κ1) is 23.7. The van der Waals surface area contributed by atoms with E-state index >= 15 is 0 Å². The molecular weight excluding hydrogens is 459 g/mol. The molecule has 2 aromatic carbocycles. The van der Waals surface area contributed by atoms with Gasteiger partial charge in [-0.3, -0.25) is 4.79 Å². The Kier molecular flexibility index (Phi) is 7.73. The monoisotopic (exact) mass is 484 g/mol. The topological polar surface area (TPSA) is 75.7 Å². The predicted molar refractivity (Wildman–Crippen MR) is 124 cm³/mol. The van der Waals surface area contributed by atoms with Gasteiger partial charge in [0.2, 0.25) is 0 Å². The Labute approximate surface area is 193 Å². The average molecular weight is 485 g/mol. The molecule has 0 bridgehead atoms. The molecule has 1 aliphatic rings. The van der Waals surface area contributed by atoms with E-state index < -0.39 is 15.9 Å². The Morgan fingerprint density at radius 3 is 2.26 bits per heavy atom. The lowest BCUT2D eigenvalue weighted by Crippen LogP contribution is -2.48. The van der Waals surface area contributed by atoms with Crippen molar-refractivity contribution in [1.29, 1.82) is 0 Å². The Bertz CT molecular complexity index is 1000. The van der Waals surface area contributed by atoms with Crippen molar-refractivity contribution >= 4 is 44.6 Å². The summed E-state index contributed by atoms with van der Waals surface area (Å²) in [5.41, 5.74) is 0.981. The maximum atomic E-state index is 12.5. The van der Waals surface area contributed by atoms with Crippen LogP contribution in [0.1, 0.15) is 26.7 Å². The van der Waals surface area contributed by atoms with Gasteiger partial charge in [0.15, 0.2) is 15.9 Å². The summed E-state index contributed by atoms with van der Waals surface area (Å²) in [4.78, 5) is 15.1. The second-order valence-electron chi connectivity index (χ2n) is 7.53. The molecule has 31 heavy (non-hydrogen) atoms. The van der Waals surface area contributed by atoms with E-state index in [1.165, 1.54) is 0 Å². The highest BCUT2D eigenvalue weighted by Gasteiger charge is 2.24. The summed E-state index contributed by atoms with van der Waals surface area (Å²) in [5, 5.41) is 3.93. The summed E-state index contributed by atoms with van der Waals surface area (Å²) in [6.45, 7) is 4.86. The van der Waals surface area contributed by atoms with E-state index in [9.17, 15) is 13.2 Å². The molecule has 1 saturated heterocycles. The van der Waals surface area contributed by atoms with E-state index in [1.807, 2.05) is 12.1 Å². The highest BCUT2D eigenvalue weighted by molar-refractivity contribution is 7.91. The molecule has 1 heterocycles. The van der Waals surface area contributed by atoms with E-state index in [4.69, 9.17) is 27.9 Å². The van der Waals surface area contributed by atoms with E-state index in [1.54, 1.807) is 44.2 Å². The van der Waals surface area contributed by atoms with E-state index in [2.05, 4.69) is 10.2 Å². The van der Waals surface area contributed by atoms with Crippen molar-refractivity contribution in [3.8, 4) is 5.75 Å². The molecule has 1 fully saturated rings. The fourth-order valence-corrected chi connectivity index (χ4v) is 4.88. The number of benzene rings is 2. The summed E-state index contributed by atoms with van der Waals surface area (Å²) in [6, 6.07) is 11.9. The minimum Gasteiger partial charge on any atom is -0.481 e. The zero-order valence-corrected chi connectivity index (χ0v) is 19.8. The molecule has 168 valence electrons. The van der Waals surface area contributed by atoms with Gasteiger partial charge in [0.05, 0.1) is 10.6 Å². The molecule has 1 amide bonds. The third kappa shape index (κ3) is 6.28. The van der Waals surface area contributed by atoms with Crippen molar-refractivity contribution in [2.24, 2.45) is 0 Å². The number of amides is 1. The highest BCUT2D eigenvalue weighted by Crippen LogP contribution is 2.25. The smallest absolute Gasteiger partial charge is 0.260 e. The molecule has 0 spiro atoms. The summed E-state index contributed by atoms with van der Waals surface area (Å²) in [5.74, 6) is 0.344. The van der Waals surface area contributed by atoms with Crippen LogP contribution < -0.4 is 15.0 Å². The van der Waals surface area contributed by atoms with Crippen LogP contribution in [0.15, 0.2) is 47.4 Å². The second kappa shape index (κ2) is 10.1. The van der Waals surface area contributed by atoms with Gasteiger partial charge in [-0.05, 0) is 62.2 Å². The summed E-state index contributed by atoms with van der Waals surface area (Å²) >= 11 is 11.9. The van der Waals surface area contributed by atoms with Crippen LogP contribution in [0.4, 0.5) is 5.69 Å². The molecule has 0 aromatic heterocycles. The fraction of sp³-hybridized carbons (Fsp3) is 0.409. The van der Waals surface area contributed by atoms with Crippen LogP contribution in [0.3, 0.4) is 0 Å². The van der Waals surface area contributed by atoms with E-state index in [0.29, 0.717) is 20.7 Å². The number of anilines is 1. The number of sulfone groups is 1. The number of piperidine rings is 1. The average Bonchev–Trinajstić information content (AvgIpc) is 2.73. The minimum absolute atomic E-state index is 0.0532. The predicted octanol–water partition coefficient (Wildman–Crippen LogP) is 4.34. The number of hydrogen-bond acceptors (Lipinski definition) is 5. The molecule has 1 N–H and O–H groups in total. The van der Waals surface area contributed by atoms with Gasteiger partial charge >= 0.3 is 0 Å². The first-order valence-electron chi connectivity index (χ1n) is 10.2. The summed E-state index contributed by atoms with van der Waals surface area (Å²) in [7, 11) is -3.20. The molecule has 1 aliphatic heterocycles. The van der Waals surface area contributed by atoms with Gasteiger partial charge in [-0.2, -0.15) is 0 Å². The molecular formula is C22H26Cl2N2O4S. The number of carbonyl (C=O) groups is 1. The van der Waals surface area contributed by atoms with Crippen molar-refractivity contribution in [2.45, 2.75) is 43.7 Å². The van der Waals surface area contributed by atoms with Crippen molar-refractivity contribution in [1.82, 2.24) is 5.32 Å². The van der Waals surface area contributed by atoms with Crippen LogP contribution >= 0.6 is 23.2 Å². The molecule has 3 rings (SSSR count). The van der Waals surface area contributed by atoms with Crippen LogP contribution in [0.25, 0.3) is 0 Å². The van der Waals surface area contributed by atoms with Crippen LogP contribution in [0.2, 0.25) is 10.0 Å². The quantitative estimate of drug-likeness (QED) is 0.632. The highest BCUT2D eigenvalue weighted by atomic mass is 35.5. The van der Waals surface area contributed by atoms with Gasteiger partial charge in [0.25, 0.3) is 5.91 Å². The minimum atomic E-state index is -3.20. The van der Waals surface area contributed by atoms with Gasteiger partial charge in [0.1, 0.15) is 5.75 Å². The molecule has 1 unspecified atom stereocenters. The second-order valence-corrected chi connectivity index (χ2v) is 10.7. The Morgan fingerprint density at radius 1 is 1.13 bits per heavy atom. The van der Waals surface area contributed by atoms with Gasteiger partial charge < -0.3 is 15.0 Å². The van der Waals surface area contributed by atoms with Crippen LogP contribution in [0, 0.1) is 0 Å². The lowest BCUT2D eigenvalue weighted by atomic mass is 10.0. The Hall–Kier alpha value is -1.96. The van der Waals surface area contributed by atoms with Gasteiger partial charge in [-0.25, -0.2) is 8.42 Å². The van der Waals surface area contributed by atoms with Crippen molar-refractivity contribution in [3.63, 3.8) is 0 Å². The third-order valence-electron chi connectivity index (χ3n) is 5.30. The molecule has 9 heteroatoms. The number of carbonyl (C=O) groups excluding carboxylic acids is 1. The third-order valence-corrected chi connectivity index (χ3v) is 7.49. The lowest BCUT2D eigenvalue weighted by molar-refractivity contribution is -0.128. The maximum Gasteiger partial charge on any atom is 0.260 e. The molecule has 1 atom stereocenters. The molecule has 0 radical (unpaired) electrons. The number of rotatable bonds is 7. The number of hydrogen-bond donors (Lipinski definition) is 1. The molecule has 2 aromatic rings. The first-order chi connectivity index (χ1) is 14.7. The van der Waals surface area contributed by atoms with Gasteiger partial charge in [-0.15, -0.1) is 0 Å². The van der Waals surface area contributed by atoms with Crippen LogP contribution in [-0.4, -0.2) is 45.3 Å². The molecule has 0 aliphatic carbocycles. The van der Waals surface area contributed by atoms with Crippen LogP contribution in [-0.2, 0) is 14.6 Å². The normalized spacial score (nSPS) is 16.1. The van der Waals surface area contributed by atoms with Crippen molar-refractivity contribution < 1.29 is 17.9 Å². The number of nitrogens with zero attached hydrogens (tertiary/aromatic N) is 1. The standard InChI is InChI=1S/C22H26Cl2N2O4S/c1-3-31(28,29)21-6-4-19(5-7-21)26-10-8-18(9-11-26)25-22(27)15(2)30-20-13-16(23)12-17(24)14-20/h4-7,12-15,18H,3,8-11H2,1-2H3,(H,25,27). The zero-order chi connectivity index (χ0) is 22.6. The van der Waals surface area contributed by atoms with E-state index in [0.717, 1.165) is 31.6 Å². The van der Waals surface area contributed by atoms with E-state index in [-0.39, 0.29) is 17.7 Å². The zero-order valence-electron chi connectivity index (χ0n) is 17.5. The molecule has 0 saturated carbocycles. The SMILES string of the molecule is CCS(=O)(=O)c1ccc(N2CCC(NC(=O)C(C)Oc3cc(Cl)cc(Cl)c3)CC2)cc1. The largest absolute Gasteiger partial charge is 0.481 e.